The van der Waals surface area contributed by atoms with Crippen molar-refractivity contribution in [2.75, 3.05) is 0 Å². The second-order valence-corrected chi connectivity index (χ2v) is 5.46. The minimum Gasteiger partial charge on any atom is -0.340 e. The molecule has 0 aliphatic rings. The van der Waals surface area contributed by atoms with Gasteiger partial charge >= 0.3 is 0 Å². The summed E-state index contributed by atoms with van der Waals surface area (Å²) in [5.41, 5.74) is 0.276. The smallest absolute Gasteiger partial charge is 0.241 e. The Morgan fingerprint density at radius 2 is 2.26 bits per heavy atom. The highest BCUT2D eigenvalue weighted by atomic mass is 32.2. The van der Waals surface area contributed by atoms with Gasteiger partial charge in [-0.2, -0.15) is 10.2 Å². The average molecular weight is 278 g/mol. The third-order valence-corrected chi connectivity index (χ3v) is 3.66. The van der Waals surface area contributed by atoms with Crippen molar-refractivity contribution in [2.24, 2.45) is 0 Å². The number of hydrogen-bond donors (Lipinski definition) is 1. The number of aromatic nitrogens is 2. The van der Waals surface area contributed by atoms with Crippen LogP contribution in [0.25, 0.3) is 0 Å². The van der Waals surface area contributed by atoms with E-state index < -0.39 is 10.0 Å². The molecule has 2 rings (SSSR count). The zero-order valence-corrected chi connectivity index (χ0v) is 10.8. The highest BCUT2D eigenvalue weighted by Crippen LogP contribution is 2.11. The lowest BCUT2D eigenvalue weighted by Crippen LogP contribution is -2.23. The summed E-state index contributed by atoms with van der Waals surface area (Å²) < 4.78 is 31.0. The van der Waals surface area contributed by atoms with E-state index in [4.69, 9.17) is 9.78 Å². The van der Waals surface area contributed by atoms with Gasteiger partial charge in [0.2, 0.25) is 15.9 Å². The molecule has 0 atom stereocenters. The van der Waals surface area contributed by atoms with Crippen LogP contribution >= 0.6 is 0 Å². The van der Waals surface area contributed by atoms with Crippen LogP contribution in [0.3, 0.4) is 0 Å². The number of nitrogens with zero attached hydrogens (tertiary/aromatic N) is 3. The molecule has 0 unspecified atom stereocenters. The summed E-state index contributed by atoms with van der Waals surface area (Å²) in [7, 11) is -3.70. The van der Waals surface area contributed by atoms with Gasteiger partial charge < -0.3 is 4.52 Å². The van der Waals surface area contributed by atoms with Crippen molar-refractivity contribution in [1.82, 2.24) is 14.9 Å². The number of sulfonamides is 1. The van der Waals surface area contributed by atoms with E-state index in [0.717, 1.165) is 0 Å². The van der Waals surface area contributed by atoms with Crippen molar-refractivity contribution in [1.29, 1.82) is 5.26 Å². The zero-order valence-electron chi connectivity index (χ0n) is 9.99. The molecule has 1 heterocycles. The summed E-state index contributed by atoms with van der Waals surface area (Å²) in [4.78, 5) is 3.90. The maximum atomic E-state index is 12.0. The minimum atomic E-state index is -3.70. The van der Waals surface area contributed by atoms with E-state index in [0.29, 0.717) is 5.89 Å². The second kappa shape index (κ2) is 5.17. The van der Waals surface area contributed by atoms with Crippen LogP contribution in [-0.4, -0.2) is 18.6 Å². The summed E-state index contributed by atoms with van der Waals surface area (Å²) in [5.74, 6) is 0.609. The number of benzene rings is 1. The normalized spacial score (nSPS) is 11.2. The summed E-state index contributed by atoms with van der Waals surface area (Å²) in [5, 5.41) is 12.3. The molecule has 2 aromatic rings. The van der Waals surface area contributed by atoms with Crippen LogP contribution in [0.15, 0.2) is 33.7 Å². The predicted molar refractivity (Wildman–Crippen MR) is 64.2 cm³/mol. The largest absolute Gasteiger partial charge is 0.340 e. The highest BCUT2D eigenvalue weighted by molar-refractivity contribution is 7.89. The topological polar surface area (TPSA) is 109 Å². The van der Waals surface area contributed by atoms with E-state index in [1.165, 1.54) is 24.3 Å². The van der Waals surface area contributed by atoms with Gasteiger partial charge in [-0.15, -0.1) is 0 Å². The van der Waals surface area contributed by atoms with Crippen molar-refractivity contribution in [3.8, 4) is 6.07 Å². The van der Waals surface area contributed by atoms with Gasteiger partial charge in [0.05, 0.1) is 23.1 Å². The Hall–Kier alpha value is -2.24. The van der Waals surface area contributed by atoms with Crippen LogP contribution in [0.5, 0.6) is 0 Å². The van der Waals surface area contributed by atoms with Gasteiger partial charge in [0.25, 0.3) is 0 Å². The molecular weight excluding hydrogens is 268 g/mol. The van der Waals surface area contributed by atoms with E-state index in [2.05, 4.69) is 14.9 Å². The van der Waals surface area contributed by atoms with Crippen molar-refractivity contribution in [3.05, 3.63) is 41.5 Å². The Labute approximate surface area is 109 Å². The quantitative estimate of drug-likeness (QED) is 0.882. The fourth-order valence-corrected chi connectivity index (χ4v) is 2.41. The molecule has 0 bridgehead atoms. The first-order valence-corrected chi connectivity index (χ1v) is 6.78. The molecule has 0 aliphatic carbocycles. The molecule has 19 heavy (non-hydrogen) atoms. The number of nitriles is 1. The van der Waals surface area contributed by atoms with Crippen LogP contribution in [0.1, 0.15) is 17.3 Å². The maximum Gasteiger partial charge on any atom is 0.241 e. The van der Waals surface area contributed by atoms with E-state index >= 15 is 0 Å². The highest BCUT2D eigenvalue weighted by Gasteiger charge is 2.15. The first kappa shape index (κ1) is 13.2. The third kappa shape index (κ3) is 3.15. The maximum absolute atomic E-state index is 12.0. The molecule has 0 amide bonds. The average Bonchev–Trinajstić information content (AvgIpc) is 2.82. The van der Waals surface area contributed by atoms with Gasteiger partial charge in [-0.3, -0.25) is 0 Å². The van der Waals surface area contributed by atoms with Gasteiger partial charge in [0.15, 0.2) is 5.82 Å². The van der Waals surface area contributed by atoms with Crippen molar-refractivity contribution in [3.63, 3.8) is 0 Å². The van der Waals surface area contributed by atoms with Gasteiger partial charge in [-0.05, 0) is 18.2 Å². The van der Waals surface area contributed by atoms with Crippen molar-refractivity contribution in [2.45, 2.75) is 18.4 Å². The molecule has 1 aromatic carbocycles. The molecule has 8 heteroatoms. The molecule has 7 nitrogen and oxygen atoms in total. The summed E-state index contributed by atoms with van der Waals surface area (Å²) >= 11 is 0. The van der Waals surface area contributed by atoms with Gasteiger partial charge in [0, 0.05) is 6.92 Å². The first-order chi connectivity index (χ1) is 9.01. The van der Waals surface area contributed by atoms with E-state index in [9.17, 15) is 8.42 Å². The minimum absolute atomic E-state index is 0.0202. The Balaban J connectivity index is 2.16. The van der Waals surface area contributed by atoms with Gasteiger partial charge in [-0.25, -0.2) is 13.1 Å². The molecule has 0 radical (unpaired) electrons. The standard InChI is InChI=1S/C11H10N4O3S/c1-8-14-11(15-18-8)7-13-19(16,17)10-4-2-3-9(5-10)6-12/h2-5,13H,7H2,1H3. The number of nitrogens with one attached hydrogen (secondary N) is 1. The fraction of sp³-hybridized carbons (Fsp3) is 0.182. The van der Waals surface area contributed by atoms with Crippen LogP contribution < -0.4 is 4.72 Å². The Bertz CT molecular complexity index is 730. The van der Waals surface area contributed by atoms with E-state index in [1.54, 1.807) is 6.92 Å². The Kier molecular flexibility index (Phi) is 3.59. The van der Waals surface area contributed by atoms with Gasteiger partial charge in [0.1, 0.15) is 0 Å². The Morgan fingerprint density at radius 1 is 1.47 bits per heavy atom. The molecule has 0 spiro atoms. The lowest BCUT2D eigenvalue weighted by atomic mass is 10.2. The zero-order chi connectivity index (χ0) is 13.9. The molecule has 0 aliphatic heterocycles. The molecule has 1 N–H and O–H groups in total. The van der Waals surface area contributed by atoms with Crippen molar-refractivity contribution >= 4 is 10.0 Å². The van der Waals surface area contributed by atoms with Crippen LogP contribution in [-0.2, 0) is 16.6 Å². The summed E-state index contributed by atoms with van der Waals surface area (Å²) in [6, 6.07) is 7.62. The third-order valence-electron chi connectivity index (χ3n) is 2.26. The van der Waals surface area contributed by atoms with Crippen molar-refractivity contribution < 1.29 is 12.9 Å². The summed E-state index contributed by atoms with van der Waals surface area (Å²) in [6.45, 7) is 1.54. The molecule has 98 valence electrons. The number of rotatable bonds is 4. The van der Waals surface area contributed by atoms with Gasteiger partial charge in [-0.1, -0.05) is 11.2 Å². The molecule has 1 aromatic heterocycles. The SMILES string of the molecule is Cc1nc(CNS(=O)(=O)c2cccc(C#N)c2)no1. The predicted octanol–water partition coefficient (Wildman–Crippen LogP) is 0.728. The molecular formula is C11H10N4O3S. The van der Waals surface area contributed by atoms with Crippen LogP contribution in [0, 0.1) is 18.3 Å². The van der Waals surface area contributed by atoms with E-state index in [1.807, 2.05) is 6.07 Å². The molecule has 0 saturated carbocycles. The lowest BCUT2D eigenvalue weighted by Gasteiger charge is -2.04. The van der Waals surface area contributed by atoms with Crippen LogP contribution in [0.4, 0.5) is 0 Å². The summed E-state index contributed by atoms with van der Waals surface area (Å²) in [6.07, 6.45) is 0. The lowest BCUT2D eigenvalue weighted by molar-refractivity contribution is 0.387. The second-order valence-electron chi connectivity index (χ2n) is 3.69. The first-order valence-electron chi connectivity index (χ1n) is 5.30. The molecule has 0 fully saturated rings. The van der Waals surface area contributed by atoms with E-state index in [-0.39, 0.29) is 22.8 Å². The number of hydrogen-bond acceptors (Lipinski definition) is 6. The monoisotopic (exact) mass is 278 g/mol. The fourth-order valence-electron chi connectivity index (χ4n) is 1.39. The number of aryl methyl sites for hydroxylation is 1. The molecule has 0 saturated heterocycles. The van der Waals surface area contributed by atoms with Crippen LogP contribution in [0.2, 0.25) is 0 Å². The Morgan fingerprint density at radius 3 is 2.89 bits per heavy atom.